The first-order valence-electron chi connectivity index (χ1n) is 13.5. The first-order valence-corrected chi connectivity index (χ1v) is 14.3. The third kappa shape index (κ3) is 5.97. The van der Waals surface area contributed by atoms with Crippen LogP contribution in [0.25, 0.3) is 0 Å². The first kappa shape index (κ1) is 27.9. The number of fused-ring (bicyclic) bond motifs is 1. The Morgan fingerprint density at radius 2 is 1.58 bits per heavy atom. The SMILES string of the molecule is C=C(/C=C/C(Br)=C/C=C1/N(CCCc2ccccc2)c2ccccc2C1(C)C)C(C)(C)c1ccccc1C. The lowest BCUT2D eigenvalue weighted by Crippen LogP contribution is -2.27. The van der Waals surface area contributed by atoms with E-state index in [1.165, 1.54) is 33.6 Å². The van der Waals surface area contributed by atoms with Gasteiger partial charge in [-0.05, 0) is 71.9 Å². The van der Waals surface area contributed by atoms with E-state index in [4.69, 9.17) is 0 Å². The van der Waals surface area contributed by atoms with Crippen molar-refractivity contribution in [3.8, 4) is 0 Å². The molecule has 4 rings (SSSR count). The van der Waals surface area contributed by atoms with Crippen molar-refractivity contribution in [3.63, 3.8) is 0 Å². The molecule has 0 aromatic heterocycles. The number of rotatable bonds is 9. The van der Waals surface area contributed by atoms with Gasteiger partial charge in [0, 0.05) is 33.2 Å². The van der Waals surface area contributed by atoms with Crippen LogP contribution in [0.4, 0.5) is 5.69 Å². The second-order valence-electron chi connectivity index (χ2n) is 11.3. The van der Waals surface area contributed by atoms with Gasteiger partial charge in [-0.25, -0.2) is 0 Å². The molecule has 1 heterocycles. The highest BCUT2D eigenvalue weighted by atomic mass is 79.9. The van der Waals surface area contributed by atoms with Crippen LogP contribution >= 0.6 is 15.9 Å². The summed E-state index contributed by atoms with van der Waals surface area (Å²) in [5, 5.41) is 0. The molecule has 0 bridgehead atoms. The van der Waals surface area contributed by atoms with Gasteiger partial charge in [-0.3, -0.25) is 0 Å². The highest BCUT2D eigenvalue weighted by Gasteiger charge is 2.39. The molecule has 1 nitrogen and oxygen atoms in total. The van der Waals surface area contributed by atoms with Gasteiger partial charge in [0.25, 0.3) is 0 Å². The summed E-state index contributed by atoms with van der Waals surface area (Å²) in [6.45, 7) is 16.7. The number of benzene rings is 3. The van der Waals surface area contributed by atoms with Crippen LogP contribution in [0.15, 0.2) is 125 Å². The normalized spacial score (nSPS) is 16.3. The third-order valence-electron chi connectivity index (χ3n) is 7.95. The number of hydrogen-bond acceptors (Lipinski definition) is 1. The maximum Gasteiger partial charge on any atom is 0.0450 e. The molecule has 196 valence electrons. The topological polar surface area (TPSA) is 3.24 Å². The Hall–Kier alpha value is -3.10. The quantitative estimate of drug-likeness (QED) is 0.233. The summed E-state index contributed by atoms with van der Waals surface area (Å²) in [5.74, 6) is 0. The van der Waals surface area contributed by atoms with Crippen LogP contribution in [0.2, 0.25) is 0 Å². The molecule has 38 heavy (non-hydrogen) atoms. The van der Waals surface area contributed by atoms with Crippen LogP contribution in [0.3, 0.4) is 0 Å². The molecule has 0 spiro atoms. The van der Waals surface area contributed by atoms with E-state index in [1.54, 1.807) is 0 Å². The van der Waals surface area contributed by atoms with E-state index >= 15 is 0 Å². The van der Waals surface area contributed by atoms with E-state index in [0.29, 0.717) is 0 Å². The van der Waals surface area contributed by atoms with Crippen molar-refractivity contribution >= 4 is 21.6 Å². The van der Waals surface area contributed by atoms with Crippen molar-refractivity contribution in [1.82, 2.24) is 0 Å². The molecule has 0 saturated heterocycles. The number of aryl methyl sites for hydroxylation is 2. The molecule has 0 atom stereocenters. The second kappa shape index (κ2) is 11.7. The van der Waals surface area contributed by atoms with Gasteiger partial charge in [0.15, 0.2) is 0 Å². The molecule has 0 unspecified atom stereocenters. The van der Waals surface area contributed by atoms with Crippen molar-refractivity contribution in [2.24, 2.45) is 0 Å². The van der Waals surface area contributed by atoms with Gasteiger partial charge in [-0.2, -0.15) is 0 Å². The molecular weight excluding hydrogens is 526 g/mol. The van der Waals surface area contributed by atoms with Gasteiger partial charge in [0.2, 0.25) is 0 Å². The molecule has 0 saturated carbocycles. The highest BCUT2D eigenvalue weighted by molar-refractivity contribution is 9.11. The molecule has 0 N–H and O–H groups in total. The average Bonchev–Trinajstić information content (AvgIpc) is 3.12. The van der Waals surface area contributed by atoms with Gasteiger partial charge >= 0.3 is 0 Å². The average molecular weight is 567 g/mol. The lowest BCUT2D eigenvalue weighted by Gasteiger charge is -2.28. The van der Waals surface area contributed by atoms with E-state index in [1.807, 2.05) is 0 Å². The van der Waals surface area contributed by atoms with E-state index in [-0.39, 0.29) is 10.8 Å². The summed E-state index contributed by atoms with van der Waals surface area (Å²) in [7, 11) is 0. The van der Waals surface area contributed by atoms with Gasteiger partial charge in [0.05, 0.1) is 0 Å². The zero-order valence-electron chi connectivity index (χ0n) is 23.5. The van der Waals surface area contributed by atoms with Crippen molar-refractivity contribution < 1.29 is 0 Å². The van der Waals surface area contributed by atoms with Crippen LogP contribution in [0.5, 0.6) is 0 Å². The van der Waals surface area contributed by atoms with Crippen LogP contribution in [-0.2, 0) is 17.3 Å². The smallest absolute Gasteiger partial charge is 0.0450 e. The van der Waals surface area contributed by atoms with E-state index in [0.717, 1.165) is 29.4 Å². The molecule has 1 aliphatic heterocycles. The number of anilines is 1. The molecule has 0 radical (unpaired) electrons. The van der Waals surface area contributed by atoms with E-state index in [2.05, 4.69) is 165 Å². The second-order valence-corrected chi connectivity index (χ2v) is 12.2. The minimum absolute atomic E-state index is 0.0622. The number of halogens is 1. The molecule has 0 fully saturated rings. The Morgan fingerprint density at radius 3 is 2.32 bits per heavy atom. The Labute approximate surface area is 238 Å². The highest BCUT2D eigenvalue weighted by Crippen LogP contribution is 2.47. The minimum atomic E-state index is -0.141. The van der Waals surface area contributed by atoms with Gasteiger partial charge in [-0.1, -0.05) is 129 Å². The number of allylic oxidation sites excluding steroid dienone is 7. The molecule has 0 amide bonds. The largest absolute Gasteiger partial charge is 0.344 e. The van der Waals surface area contributed by atoms with Gasteiger partial charge < -0.3 is 4.90 Å². The van der Waals surface area contributed by atoms with Crippen molar-refractivity contribution in [2.75, 3.05) is 11.4 Å². The fourth-order valence-electron chi connectivity index (χ4n) is 5.52. The van der Waals surface area contributed by atoms with Crippen molar-refractivity contribution in [2.45, 2.75) is 58.3 Å². The molecule has 1 aliphatic rings. The molecule has 2 heteroatoms. The van der Waals surface area contributed by atoms with Gasteiger partial charge in [0.1, 0.15) is 0 Å². The zero-order chi connectivity index (χ0) is 27.3. The maximum atomic E-state index is 4.42. The standard InChI is InChI=1S/C36H40BrN/c1-27-15-10-11-19-31(27)35(3,4)28(2)22-23-30(37)24-25-34-36(5,6)32-20-12-13-21-33(32)38(34)26-14-18-29-16-8-7-9-17-29/h7-13,15-17,19-25H,2,14,18,26H2,1,3-6H3/b23-22+,30-24-,34-25+. The molecule has 3 aromatic rings. The fourth-order valence-corrected chi connectivity index (χ4v) is 5.78. The van der Waals surface area contributed by atoms with Crippen LogP contribution in [0.1, 0.15) is 56.4 Å². The van der Waals surface area contributed by atoms with Crippen LogP contribution < -0.4 is 4.90 Å². The zero-order valence-corrected chi connectivity index (χ0v) is 25.1. The van der Waals surface area contributed by atoms with Crippen LogP contribution in [-0.4, -0.2) is 6.54 Å². The van der Waals surface area contributed by atoms with Crippen molar-refractivity contribution in [1.29, 1.82) is 0 Å². The van der Waals surface area contributed by atoms with Gasteiger partial charge in [-0.15, -0.1) is 0 Å². The summed E-state index contributed by atoms with van der Waals surface area (Å²) in [5.41, 5.74) is 8.93. The predicted molar refractivity (Wildman–Crippen MR) is 169 cm³/mol. The summed E-state index contributed by atoms with van der Waals surface area (Å²) >= 11 is 3.80. The Bertz CT molecular complexity index is 1370. The summed E-state index contributed by atoms with van der Waals surface area (Å²) in [6.07, 6.45) is 10.9. The Kier molecular flexibility index (Phi) is 8.63. The summed E-state index contributed by atoms with van der Waals surface area (Å²) < 4.78 is 1.03. The Balaban J connectivity index is 1.54. The number of hydrogen-bond donors (Lipinski definition) is 0. The Morgan fingerprint density at radius 1 is 0.921 bits per heavy atom. The summed E-state index contributed by atoms with van der Waals surface area (Å²) in [4.78, 5) is 2.51. The third-order valence-corrected chi connectivity index (χ3v) is 8.48. The molecule has 0 aliphatic carbocycles. The minimum Gasteiger partial charge on any atom is -0.344 e. The first-order chi connectivity index (χ1) is 18.1. The molecule has 3 aromatic carbocycles. The van der Waals surface area contributed by atoms with Crippen LogP contribution in [0, 0.1) is 6.92 Å². The van der Waals surface area contributed by atoms with E-state index < -0.39 is 0 Å². The van der Waals surface area contributed by atoms with E-state index in [9.17, 15) is 0 Å². The summed E-state index contributed by atoms with van der Waals surface area (Å²) in [6, 6.07) is 28.2. The predicted octanol–water partition coefficient (Wildman–Crippen LogP) is 9.98. The number of nitrogens with zero attached hydrogens (tertiary/aromatic N) is 1. The lowest BCUT2D eigenvalue weighted by atomic mass is 9.76. The monoisotopic (exact) mass is 565 g/mol. The number of para-hydroxylation sites is 1. The van der Waals surface area contributed by atoms with Crippen molar-refractivity contribution in [3.05, 3.63) is 148 Å². The fraction of sp³-hybridized carbons (Fsp3) is 0.278. The lowest BCUT2D eigenvalue weighted by molar-refractivity contribution is 0.625. The maximum absolute atomic E-state index is 4.42. The molecular formula is C36H40BrN.